The van der Waals surface area contributed by atoms with Crippen LogP contribution in [0.4, 0.5) is 13.2 Å². The predicted molar refractivity (Wildman–Crippen MR) is 70.2 cm³/mol. The standard InChI is InChI=1S/C15H11F3O3/c1-8-3-2-4-12(13(8)16)9-5-10(14(19)20)7-11(6-9)21-15(17)18/h2-7,15H,1H3,(H,19,20). The van der Waals surface area contributed by atoms with Crippen molar-refractivity contribution in [3.63, 3.8) is 0 Å². The molecule has 0 heterocycles. The SMILES string of the molecule is Cc1cccc(-c2cc(OC(F)F)cc(C(=O)O)c2)c1F. The van der Waals surface area contributed by atoms with Crippen molar-refractivity contribution in [3.8, 4) is 16.9 Å². The van der Waals surface area contributed by atoms with Gasteiger partial charge in [0.2, 0.25) is 0 Å². The molecule has 2 aromatic rings. The van der Waals surface area contributed by atoms with Gasteiger partial charge < -0.3 is 9.84 Å². The first-order chi connectivity index (χ1) is 9.88. The fraction of sp³-hybridized carbons (Fsp3) is 0.133. The lowest BCUT2D eigenvalue weighted by Gasteiger charge is -2.10. The Balaban J connectivity index is 2.59. The van der Waals surface area contributed by atoms with Gasteiger partial charge in [-0.3, -0.25) is 0 Å². The maximum absolute atomic E-state index is 14.1. The Hall–Kier alpha value is -2.50. The smallest absolute Gasteiger partial charge is 0.387 e. The molecule has 0 spiro atoms. The summed E-state index contributed by atoms with van der Waals surface area (Å²) < 4.78 is 42.9. The van der Waals surface area contributed by atoms with Crippen LogP contribution in [0.1, 0.15) is 15.9 Å². The van der Waals surface area contributed by atoms with Crippen molar-refractivity contribution in [1.29, 1.82) is 0 Å². The molecule has 2 aromatic carbocycles. The van der Waals surface area contributed by atoms with Crippen LogP contribution in [0.15, 0.2) is 36.4 Å². The molecule has 0 aromatic heterocycles. The Labute approximate surface area is 118 Å². The largest absolute Gasteiger partial charge is 0.478 e. The Morgan fingerprint density at radius 2 is 1.95 bits per heavy atom. The van der Waals surface area contributed by atoms with Crippen LogP contribution in [0.25, 0.3) is 11.1 Å². The molecule has 0 bridgehead atoms. The minimum atomic E-state index is -3.09. The third-order valence-corrected chi connectivity index (χ3v) is 2.88. The molecule has 2 rings (SSSR count). The Bertz CT molecular complexity index is 684. The van der Waals surface area contributed by atoms with Crippen LogP contribution in [0, 0.1) is 12.7 Å². The molecule has 0 fully saturated rings. The highest BCUT2D eigenvalue weighted by Gasteiger charge is 2.14. The number of aryl methyl sites for hydroxylation is 1. The molecule has 0 atom stereocenters. The molecule has 0 saturated carbocycles. The molecule has 21 heavy (non-hydrogen) atoms. The highest BCUT2D eigenvalue weighted by molar-refractivity contribution is 5.90. The average Bonchev–Trinajstić information content (AvgIpc) is 2.40. The molecule has 6 heteroatoms. The van der Waals surface area contributed by atoms with E-state index in [1.54, 1.807) is 19.1 Å². The first-order valence-corrected chi connectivity index (χ1v) is 5.97. The molecule has 1 N–H and O–H groups in total. The number of carboxylic acid groups (broad SMARTS) is 1. The molecular weight excluding hydrogens is 285 g/mol. The molecule has 0 amide bonds. The summed E-state index contributed by atoms with van der Waals surface area (Å²) in [5, 5.41) is 9.00. The highest BCUT2D eigenvalue weighted by Crippen LogP contribution is 2.30. The van der Waals surface area contributed by atoms with Gasteiger partial charge >= 0.3 is 12.6 Å². The summed E-state index contributed by atoms with van der Waals surface area (Å²) in [4.78, 5) is 11.0. The van der Waals surface area contributed by atoms with Crippen molar-refractivity contribution in [1.82, 2.24) is 0 Å². The minimum absolute atomic E-state index is 0.122. The lowest BCUT2D eigenvalue weighted by molar-refractivity contribution is -0.0498. The van der Waals surface area contributed by atoms with E-state index in [4.69, 9.17) is 5.11 Å². The number of benzene rings is 2. The van der Waals surface area contributed by atoms with E-state index in [1.165, 1.54) is 18.2 Å². The van der Waals surface area contributed by atoms with Crippen LogP contribution >= 0.6 is 0 Å². The van der Waals surface area contributed by atoms with E-state index in [0.29, 0.717) is 5.56 Å². The summed E-state index contributed by atoms with van der Waals surface area (Å²) in [6.07, 6.45) is 0. The van der Waals surface area contributed by atoms with E-state index in [9.17, 15) is 18.0 Å². The third kappa shape index (κ3) is 3.34. The number of ether oxygens (including phenoxy) is 1. The highest BCUT2D eigenvalue weighted by atomic mass is 19.3. The van der Waals surface area contributed by atoms with E-state index in [2.05, 4.69) is 4.74 Å². The lowest BCUT2D eigenvalue weighted by atomic mass is 10.00. The normalized spacial score (nSPS) is 10.7. The summed E-state index contributed by atoms with van der Waals surface area (Å²) in [6, 6.07) is 7.93. The number of halogens is 3. The summed E-state index contributed by atoms with van der Waals surface area (Å²) in [6.45, 7) is -1.54. The molecule has 0 unspecified atom stereocenters. The number of carboxylic acids is 1. The van der Waals surface area contributed by atoms with Gasteiger partial charge in [-0.15, -0.1) is 0 Å². The number of hydrogen-bond donors (Lipinski definition) is 1. The van der Waals surface area contributed by atoms with Gasteiger partial charge in [-0.1, -0.05) is 18.2 Å². The molecule has 0 aliphatic rings. The maximum atomic E-state index is 14.1. The number of carbonyl (C=O) groups is 1. The van der Waals surface area contributed by atoms with Crippen molar-refractivity contribution >= 4 is 5.97 Å². The van der Waals surface area contributed by atoms with Gasteiger partial charge in [-0.25, -0.2) is 9.18 Å². The zero-order chi connectivity index (χ0) is 15.6. The molecule has 0 aliphatic heterocycles. The number of alkyl halides is 2. The van der Waals surface area contributed by atoms with Gasteiger partial charge in [0.05, 0.1) is 5.56 Å². The second-order valence-electron chi connectivity index (χ2n) is 4.37. The zero-order valence-corrected chi connectivity index (χ0v) is 10.9. The van der Waals surface area contributed by atoms with E-state index in [1.807, 2.05) is 0 Å². The number of hydrogen-bond acceptors (Lipinski definition) is 2. The van der Waals surface area contributed by atoms with Crippen LogP contribution in [0.2, 0.25) is 0 Å². The van der Waals surface area contributed by atoms with Crippen molar-refractivity contribution in [3.05, 3.63) is 53.3 Å². The first kappa shape index (κ1) is 14.9. The predicted octanol–water partition coefficient (Wildman–Crippen LogP) is 4.10. The van der Waals surface area contributed by atoms with Crippen molar-refractivity contribution in [2.24, 2.45) is 0 Å². The van der Waals surface area contributed by atoms with Crippen molar-refractivity contribution in [2.75, 3.05) is 0 Å². The van der Waals surface area contributed by atoms with Gasteiger partial charge in [0.15, 0.2) is 0 Å². The Kier molecular flexibility index (Phi) is 4.16. The summed E-state index contributed by atoms with van der Waals surface area (Å²) in [5.41, 5.74) is 0.387. The van der Waals surface area contributed by atoms with E-state index in [-0.39, 0.29) is 22.4 Å². The van der Waals surface area contributed by atoms with Gasteiger partial charge in [0, 0.05) is 5.56 Å². The lowest BCUT2D eigenvalue weighted by Crippen LogP contribution is -2.04. The van der Waals surface area contributed by atoms with E-state index < -0.39 is 18.4 Å². The quantitative estimate of drug-likeness (QED) is 0.924. The zero-order valence-electron chi connectivity index (χ0n) is 10.9. The van der Waals surface area contributed by atoms with Crippen molar-refractivity contribution in [2.45, 2.75) is 13.5 Å². The van der Waals surface area contributed by atoms with Gasteiger partial charge in [0.1, 0.15) is 11.6 Å². The summed E-state index contributed by atoms with van der Waals surface area (Å²) in [5.74, 6) is -2.19. The first-order valence-electron chi connectivity index (χ1n) is 5.97. The second kappa shape index (κ2) is 5.87. The van der Waals surface area contributed by atoms with Crippen LogP contribution < -0.4 is 4.74 Å². The topological polar surface area (TPSA) is 46.5 Å². The Morgan fingerprint density at radius 3 is 2.57 bits per heavy atom. The molecule has 0 radical (unpaired) electrons. The van der Waals surface area contributed by atoms with Crippen LogP contribution in [0.3, 0.4) is 0 Å². The molecule has 0 aliphatic carbocycles. The van der Waals surface area contributed by atoms with E-state index >= 15 is 0 Å². The fourth-order valence-electron chi connectivity index (χ4n) is 1.92. The van der Waals surface area contributed by atoms with Crippen molar-refractivity contribution < 1.29 is 27.8 Å². The molecule has 0 saturated heterocycles. The van der Waals surface area contributed by atoms with Crippen LogP contribution in [-0.2, 0) is 0 Å². The second-order valence-corrected chi connectivity index (χ2v) is 4.37. The van der Waals surface area contributed by atoms with E-state index in [0.717, 1.165) is 6.07 Å². The summed E-state index contributed by atoms with van der Waals surface area (Å²) >= 11 is 0. The van der Waals surface area contributed by atoms with Crippen LogP contribution in [-0.4, -0.2) is 17.7 Å². The summed E-state index contributed by atoms with van der Waals surface area (Å²) in [7, 11) is 0. The Morgan fingerprint density at radius 1 is 1.24 bits per heavy atom. The number of aromatic carboxylic acids is 1. The monoisotopic (exact) mass is 296 g/mol. The van der Waals surface area contributed by atoms with Gasteiger partial charge in [-0.05, 0) is 36.2 Å². The third-order valence-electron chi connectivity index (χ3n) is 2.88. The van der Waals surface area contributed by atoms with Gasteiger partial charge in [0.25, 0.3) is 0 Å². The molecular formula is C15H11F3O3. The molecule has 110 valence electrons. The number of rotatable bonds is 4. The minimum Gasteiger partial charge on any atom is -0.478 e. The molecule has 3 nitrogen and oxygen atoms in total. The maximum Gasteiger partial charge on any atom is 0.387 e. The fourth-order valence-corrected chi connectivity index (χ4v) is 1.92. The van der Waals surface area contributed by atoms with Crippen LogP contribution in [0.5, 0.6) is 5.75 Å². The van der Waals surface area contributed by atoms with Gasteiger partial charge in [-0.2, -0.15) is 8.78 Å². The average molecular weight is 296 g/mol.